The van der Waals surface area contributed by atoms with Crippen molar-refractivity contribution >= 4 is 0 Å². The molecule has 0 aliphatic heterocycles. The summed E-state index contributed by atoms with van der Waals surface area (Å²) in [7, 11) is 1.81. The van der Waals surface area contributed by atoms with Gasteiger partial charge < -0.3 is 17.0 Å². The van der Waals surface area contributed by atoms with Crippen molar-refractivity contribution in [3.8, 4) is 12.1 Å². The van der Waals surface area contributed by atoms with Crippen molar-refractivity contribution in [3.05, 3.63) is 29.6 Å². The van der Waals surface area contributed by atoms with Gasteiger partial charge in [-0.1, -0.05) is 0 Å². The van der Waals surface area contributed by atoms with Crippen LogP contribution in [0.2, 0.25) is 0 Å². The number of hydrogen-bond acceptors (Lipinski definition) is 2. The first-order valence-electron chi connectivity index (χ1n) is 3.07. The minimum Gasteiger partial charge on any atom is -1.00 e. The number of pyridine rings is 1. The van der Waals surface area contributed by atoms with Crippen LogP contribution < -0.4 is 21.5 Å². The van der Waals surface area contributed by atoms with Gasteiger partial charge in [-0.05, 0) is 0 Å². The minimum atomic E-state index is 0. The molecule has 0 radical (unpaired) electrons. The van der Waals surface area contributed by atoms with Crippen molar-refractivity contribution in [3.63, 3.8) is 0 Å². The van der Waals surface area contributed by atoms with Gasteiger partial charge in [0, 0.05) is 6.07 Å². The molecule has 0 saturated carbocycles. The summed E-state index contributed by atoms with van der Waals surface area (Å²) in [4.78, 5) is 0. The predicted molar refractivity (Wildman–Crippen MR) is 37.0 cm³/mol. The van der Waals surface area contributed by atoms with Gasteiger partial charge in [0.05, 0.1) is 5.56 Å². The van der Waals surface area contributed by atoms with Crippen LogP contribution in [0.4, 0.5) is 0 Å². The molecule has 60 valence electrons. The Morgan fingerprint density at radius 2 is 1.83 bits per heavy atom. The number of aryl methyl sites for hydroxylation is 1. The van der Waals surface area contributed by atoms with E-state index < -0.39 is 0 Å². The van der Waals surface area contributed by atoms with E-state index in [-0.39, 0.29) is 17.0 Å². The number of nitrogens with zero attached hydrogens (tertiary/aromatic N) is 3. The maximum Gasteiger partial charge on any atom is 0.187 e. The molecular weight excluding hydrogens is 218 g/mol. The first-order valence-corrected chi connectivity index (χ1v) is 3.07. The highest BCUT2D eigenvalue weighted by Gasteiger charge is 2.04. The largest absolute Gasteiger partial charge is 1.00 e. The third kappa shape index (κ3) is 2.05. The molecular formula is C8H6BrN3. The van der Waals surface area contributed by atoms with Crippen LogP contribution in [0.15, 0.2) is 18.5 Å². The van der Waals surface area contributed by atoms with E-state index in [0.717, 1.165) is 0 Å². The Balaban J connectivity index is 0.00000121. The second kappa shape index (κ2) is 4.48. The van der Waals surface area contributed by atoms with Crippen LogP contribution in [0.1, 0.15) is 11.1 Å². The molecule has 1 aromatic heterocycles. The Bertz CT molecular complexity index is 360. The van der Waals surface area contributed by atoms with Gasteiger partial charge in [-0.2, -0.15) is 10.5 Å². The van der Waals surface area contributed by atoms with Gasteiger partial charge in [0.1, 0.15) is 24.7 Å². The van der Waals surface area contributed by atoms with E-state index in [2.05, 4.69) is 0 Å². The van der Waals surface area contributed by atoms with Gasteiger partial charge in [0.15, 0.2) is 12.4 Å². The molecule has 0 saturated heterocycles. The van der Waals surface area contributed by atoms with Crippen molar-refractivity contribution in [1.82, 2.24) is 0 Å². The quantitative estimate of drug-likeness (QED) is 0.449. The molecule has 0 amide bonds. The first kappa shape index (κ1) is 10.6. The van der Waals surface area contributed by atoms with Crippen LogP contribution in [0.5, 0.6) is 0 Å². The van der Waals surface area contributed by atoms with Crippen LogP contribution in [0, 0.1) is 22.7 Å². The molecule has 0 aliphatic carbocycles. The summed E-state index contributed by atoms with van der Waals surface area (Å²) in [6, 6.07) is 5.51. The molecule has 0 aromatic carbocycles. The van der Waals surface area contributed by atoms with Crippen molar-refractivity contribution < 1.29 is 21.5 Å². The highest BCUT2D eigenvalue weighted by atomic mass is 79.9. The zero-order valence-electron chi connectivity index (χ0n) is 6.45. The van der Waals surface area contributed by atoms with Crippen molar-refractivity contribution in [2.45, 2.75) is 0 Å². The molecule has 0 aliphatic rings. The smallest absolute Gasteiger partial charge is 0.187 e. The van der Waals surface area contributed by atoms with Gasteiger partial charge in [-0.15, -0.1) is 0 Å². The Morgan fingerprint density at radius 3 is 2.33 bits per heavy atom. The lowest BCUT2D eigenvalue weighted by molar-refractivity contribution is -0.671. The summed E-state index contributed by atoms with van der Waals surface area (Å²) in [5.74, 6) is 0. The zero-order valence-corrected chi connectivity index (χ0v) is 8.04. The van der Waals surface area contributed by atoms with Crippen molar-refractivity contribution in [2.24, 2.45) is 7.05 Å². The van der Waals surface area contributed by atoms with E-state index >= 15 is 0 Å². The van der Waals surface area contributed by atoms with E-state index in [0.29, 0.717) is 11.1 Å². The average molecular weight is 224 g/mol. The lowest BCUT2D eigenvalue weighted by Gasteiger charge is -1.89. The Labute approximate surface area is 81.3 Å². The fourth-order valence-corrected chi connectivity index (χ4v) is 0.785. The van der Waals surface area contributed by atoms with Crippen LogP contribution in [0.25, 0.3) is 0 Å². The Hall–Kier alpha value is -1.39. The monoisotopic (exact) mass is 223 g/mol. The van der Waals surface area contributed by atoms with Gasteiger partial charge in [-0.3, -0.25) is 0 Å². The summed E-state index contributed by atoms with van der Waals surface area (Å²) in [5.41, 5.74) is 0.836. The van der Waals surface area contributed by atoms with E-state index in [1.165, 1.54) is 0 Å². The molecule has 0 fully saturated rings. The van der Waals surface area contributed by atoms with E-state index in [1.807, 2.05) is 19.2 Å². The zero-order chi connectivity index (χ0) is 8.27. The lowest BCUT2D eigenvalue weighted by atomic mass is 10.2. The van der Waals surface area contributed by atoms with Crippen molar-refractivity contribution in [2.75, 3.05) is 0 Å². The topological polar surface area (TPSA) is 51.5 Å². The SMILES string of the molecule is C[n+]1ccc(C#N)c(C#N)c1.[Br-]. The molecule has 4 heteroatoms. The number of halogens is 1. The Morgan fingerprint density at radius 1 is 1.25 bits per heavy atom. The molecule has 1 rings (SSSR count). The van der Waals surface area contributed by atoms with E-state index in [9.17, 15) is 0 Å². The molecule has 0 spiro atoms. The molecule has 0 atom stereocenters. The number of rotatable bonds is 0. The molecule has 0 bridgehead atoms. The van der Waals surface area contributed by atoms with Crippen molar-refractivity contribution in [1.29, 1.82) is 10.5 Å². The van der Waals surface area contributed by atoms with Crippen LogP contribution in [0.3, 0.4) is 0 Å². The highest BCUT2D eigenvalue weighted by Crippen LogP contribution is 2.00. The third-order valence-corrected chi connectivity index (χ3v) is 1.34. The number of nitriles is 2. The number of aromatic nitrogens is 1. The molecule has 1 heterocycles. The number of hydrogen-bond donors (Lipinski definition) is 0. The summed E-state index contributed by atoms with van der Waals surface area (Å²) >= 11 is 0. The van der Waals surface area contributed by atoms with Gasteiger partial charge in [0.25, 0.3) is 0 Å². The summed E-state index contributed by atoms with van der Waals surface area (Å²) in [6.07, 6.45) is 3.36. The standard InChI is InChI=1S/C8H6N3.BrH/c1-11-3-2-7(4-9)8(5-10)6-11;/h2-3,6H,1H3;1H/q+1;/p-1. The minimum absolute atomic E-state index is 0. The summed E-state index contributed by atoms with van der Waals surface area (Å²) in [5, 5.41) is 17.1. The average Bonchev–Trinajstić information content (AvgIpc) is 2.04. The lowest BCUT2D eigenvalue weighted by Crippen LogP contribution is -3.00. The van der Waals surface area contributed by atoms with Crippen LogP contribution >= 0.6 is 0 Å². The van der Waals surface area contributed by atoms with Gasteiger partial charge in [0.2, 0.25) is 0 Å². The molecule has 3 nitrogen and oxygen atoms in total. The second-order valence-corrected chi connectivity index (χ2v) is 2.16. The first-order chi connectivity index (χ1) is 5.27. The predicted octanol–water partition coefficient (Wildman–Crippen LogP) is -2.74. The fourth-order valence-electron chi connectivity index (χ4n) is 0.785. The highest BCUT2D eigenvalue weighted by molar-refractivity contribution is 5.41. The molecule has 12 heavy (non-hydrogen) atoms. The molecule has 0 unspecified atom stereocenters. The molecule has 0 N–H and O–H groups in total. The van der Waals surface area contributed by atoms with E-state index in [1.54, 1.807) is 23.0 Å². The second-order valence-electron chi connectivity index (χ2n) is 2.16. The van der Waals surface area contributed by atoms with Crippen LogP contribution in [-0.4, -0.2) is 0 Å². The van der Waals surface area contributed by atoms with E-state index in [4.69, 9.17) is 10.5 Å². The van der Waals surface area contributed by atoms with Crippen LogP contribution in [-0.2, 0) is 7.05 Å². The van der Waals surface area contributed by atoms with Gasteiger partial charge >= 0.3 is 0 Å². The molecule has 1 aromatic rings. The maximum absolute atomic E-state index is 8.56. The third-order valence-electron chi connectivity index (χ3n) is 1.34. The summed E-state index contributed by atoms with van der Waals surface area (Å²) in [6.45, 7) is 0. The normalized spacial score (nSPS) is 7.58. The van der Waals surface area contributed by atoms with Gasteiger partial charge in [-0.25, -0.2) is 4.57 Å². The fraction of sp³-hybridized carbons (Fsp3) is 0.125. The Kier molecular flexibility index (Phi) is 3.96. The summed E-state index contributed by atoms with van der Waals surface area (Å²) < 4.78 is 1.74. The maximum atomic E-state index is 8.56.